The number of methoxy groups -OCH3 is 2. The molecular formula is C27H26N2O5. The van der Waals surface area contributed by atoms with Crippen molar-refractivity contribution in [2.45, 2.75) is 25.6 Å². The zero-order valence-electron chi connectivity index (χ0n) is 19.4. The lowest BCUT2D eigenvalue weighted by Gasteiger charge is -2.38. The molecule has 0 unspecified atom stereocenters. The van der Waals surface area contributed by atoms with E-state index < -0.39 is 6.23 Å². The molecule has 0 aromatic heterocycles. The summed E-state index contributed by atoms with van der Waals surface area (Å²) in [6, 6.07) is 21.2. The van der Waals surface area contributed by atoms with E-state index in [2.05, 4.69) is 6.07 Å². The van der Waals surface area contributed by atoms with Crippen LogP contribution in [-0.2, 0) is 4.74 Å². The van der Waals surface area contributed by atoms with Crippen molar-refractivity contribution in [3.05, 3.63) is 89.0 Å². The van der Waals surface area contributed by atoms with Crippen LogP contribution in [0.25, 0.3) is 0 Å². The molecule has 0 spiro atoms. The normalized spacial score (nSPS) is 18.3. The van der Waals surface area contributed by atoms with Crippen LogP contribution in [0.15, 0.2) is 71.8 Å². The molecule has 2 aliphatic rings. The summed E-state index contributed by atoms with van der Waals surface area (Å²) in [5, 5.41) is 6.99. The van der Waals surface area contributed by atoms with E-state index in [-0.39, 0.29) is 12.0 Å². The third kappa shape index (κ3) is 3.83. The van der Waals surface area contributed by atoms with E-state index in [0.29, 0.717) is 17.9 Å². The van der Waals surface area contributed by atoms with Crippen molar-refractivity contribution < 1.29 is 23.7 Å². The van der Waals surface area contributed by atoms with Crippen molar-refractivity contribution in [1.82, 2.24) is 5.01 Å². The van der Waals surface area contributed by atoms with Crippen LogP contribution in [0.3, 0.4) is 0 Å². The lowest BCUT2D eigenvalue weighted by atomic mass is 9.95. The Labute approximate surface area is 198 Å². The standard InChI is InChI=1S/C27H26N2O5/c1-4-33-20-14-12-17(13-15-20)22-16-23-21-6-5-7-24(31-2)25(21)34-26(29(23)28-22)18-8-10-19(11-9-18)27(30)32-3/h5-15,23,26H,4,16H2,1-3H3/t23-,26+/m1/s1. The molecule has 3 aromatic rings. The van der Waals surface area contributed by atoms with Gasteiger partial charge in [-0.1, -0.05) is 24.3 Å². The summed E-state index contributed by atoms with van der Waals surface area (Å²) in [6.07, 6.45) is 0.259. The van der Waals surface area contributed by atoms with Crippen molar-refractivity contribution in [3.8, 4) is 17.2 Å². The van der Waals surface area contributed by atoms with Crippen molar-refractivity contribution in [2.75, 3.05) is 20.8 Å². The first-order valence-corrected chi connectivity index (χ1v) is 11.2. The third-order valence-electron chi connectivity index (χ3n) is 6.12. The molecule has 2 aliphatic heterocycles. The minimum absolute atomic E-state index is 0.00861. The van der Waals surface area contributed by atoms with Gasteiger partial charge < -0.3 is 18.9 Å². The SMILES string of the molecule is CCOc1ccc(C2=NN3[C@H](C2)c2cccc(OC)c2O[C@H]3c2ccc(C(=O)OC)cc2)cc1. The Balaban J connectivity index is 1.54. The molecule has 174 valence electrons. The molecule has 7 heteroatoms. The maximum atomic E-state index is 11.9. The third-order valence-corrected chi connectivity index (χ3v) is 6.12. The monoisotopic (exact) mass is 458 g/mol. The van der Waals surface area contributed by atoms with Gasteiger partial charge in [0.25, 0.3) is 0 Å². The van der Waals surface area contributed by atoms with E-state index in [1.54, 1.807) is 19.2 Å². The van der Waals surface area contributed by atoms with Gasteiger partial charge in [-0.2, -0.15) is 5.10 Å². The highest BCUT2D eigenvalue weighted by Gasteiger charge is 2.42. The van der Waals surface area contributed by atoms with Crippen LogP contribution in [0.5, 0.6) is 17.2 Å². The Bertz CT molecular complexity index is 1220. The van der Waals surface area contributed by atoms with Crippen molar-refractivity contribution in [2.24, 2.45) is 5.10 Å². The van der Waals surface area contributed by atoms with E-state index in [9.17, 15) is 4.79 Å². The average molecular weight is 459 g/mol. The number of nitrogens with zero attached hydrogens (tertiary/aromatic N) is 2. The van der Waals surface area contributed by atoms with Gasteiger partial charge in [0.2, 0.25) is 6.23 Å². The Kier molecular flexibility index (Phi) is 5.84. The molecule has 3 aromatic carbocycles. The van der Waals surface area contributed by atoms with Gasteiger partial charge >= 0.3 is 5.97 Å². The van der Waals surface area contributed by atoms with Gasteiger partial charge in [-0.15, -0.1) is 0 Å². The molecule has 0 aliphatic carbocycles. The summed E-state index contributed by atoms with van der Waals surface area (Å²) in [5.41, 5.74) is 4.42. The number of hydrazone groups is 1. The molecule has 0 radical (unpaired) electrons. The van der Waals surface area contributed by atoms with Gasteiger partial charge in [0.05, 0.1) is 38.1 Å². The maximum absolute atomic E-state index is 11.9. The highest BCUT2D eigenvalue weighted by molar-refractivity contribution is 6.02. The van der Waals surface area contributed by atoms with Gasteiger partial charge in [0, 0.05) is 17.5 Å². The Morgan fingerprint density at radius 1 is 1.06 bits per heavy atom. The van der Waals surface area contributed by atoms with Gasteiger partial charge in [-0.05, 0) is 55.0 Å². The molecular weight excluding hydrogens is 432 g/mol. The van der Waals surface area contributed by atoms with Crippen LogP contribution < -0.4 is 14.2 Å². The quantitative estimate of drug-likeness (QED) is 0.478. The molecule has 0 saturated heterocycles. The second-order valence-corrected chi connectivity index (χ2v) is 8.07. The number of carbonyl (C=O) groups is 1. The van der Waals surface area contributed by atoms with Crippen molar-refractivity contribution in [3.63, 3.8) is 0 Å². The zero-order chi connectivity index (χ0) is 23.7. The number of rotatable bonds is 6. The largest absolute Gasteiger partial charge is 0.494 e. The van der Waals surface area contributed by atoms with Gasteiger partial charge in [0.15, 0.2) is 11.5 Å². The molecule has 0 fully saturated rings. The maximum Gasteiger partial charge on any atom is 0.337 e. The average Bonchev–Trinajstić information content (AvgIpc) is 3.34. The van der Waals surface area contributed by atoms with Crippen molar-refractivity contribution >= 4 is 11.7 Å². The summed E-state index contributed by atoms with van der Waals surface area (Å²) in [4.78, 5) is 11.9. The Hall–Kier alpha value is -4.00. The first kappa shape index (κ1) is 21.8. The smallest absolute Gasteiger partial charge is 0.337 e. The van der Waals surface area contributed by atoms with Crippen LogP contribution in [0.4, 0.5) is 0 Å². The summed E-state index contributed by atoms with van der Waals surface area (Å²) in [5.74, 6) is 1.86. The fourth-order valence-corrected chi connectivity index (χ4v) is 4.45. The number of carbonyl (C=O) groups excluding carboxylic acids is 1. The zero-order valence-corrected chi connectivity index (χ0v) is 19.4. The van der Waals surface area contributed by atoms with Gasteiger partial charge in [-0.3, -0.25) is 0 Å². The molecule has 0 amide bonds. The van der Waals surface area contributed by atoms with E-state index >= 15 is 0 Å². The predicted octanol–water partition coefficient (Wildman–Crippen LogP) is 5.12. The number of ether oxygens (including phenoxy) is 4. The van der Waals surface area contributed by atoms with E-state index in [4.69, 9.17) is 24.0 Å². The second kappa shape index (κ2) is 9.09. The lowest BCUT2D eigenvalue weighted by molar-refractivity contribution is -0.0209. The highest BCUT2D eigenvalue weighted by atomic mass is 16.5. The molecule has 0 N–H and O–H groups in total. The Morgan fingerprint density at radius 3 is 2.50 bits per heavy atom. The highest BCUT2D eigenvalue weighted by Crippen LogP contribution is 2.50. The van der Waals surface area contributed by atoms with Crippen LogP contribution in [-0.4, -0.2) is 37.5 Å². The minimum atomic E-state index is -0.472. The van der Waals surface area contributed by atoms with E-state index in [1.165, 1.54) is 7.11 Å². The number of benzene rings is 3. The molecule has 0 saturated carbocycles. The fraction of sp³-hybridized carbons (Fsp3) is 0.259. The van der Waals surface area contributed by atoms with Crippen molar-refractivity contribution in [1.29, 1.82) is 0 Å². The molecule has 0 bridgehead atoms. The van der Waals surface area contributed by atoms with Crippen LogP contribution in [0.1, 0.15) is 52.7 Å². The predicted molar refractivity (Wildman–Crippen MR) is 127 cm³/mol. The van der Waals surface area contributed by atoms with Crippen LogP contribution in [0.2, 0.25) is 0 Å². The topological polar surface area (TPSA) is 69.6 Å². The molecule has 7 nitrogen and oxygen atoms in total. The second-order valence-electron chi connectivity index (χ2n) is 8.07. The van der Waals surface area contributed by atoms with E-state index in [0.717, 1.165) is 40.3 Å². The summed E-state index contributed by atoms with van der Waals surface area (Å²) in [7, 11) is 3.01. The first-order valence-electron chi connectivity index (χ1n) is 11.2. The molecule has 2 heterocycles. The number of hydrogen-bond acceptors (Lipinski definition) is 7. The Morgan fingerprint density at radius 2 is 1.82 bits per heavy atom. The molecule has 2 atom stereocenters. The number of esters is 1. The summed E-state index contributed by atoms with van der Waals surface area (Å²) in [6.45, 7) is 2.60. The minimum Gasteiger partial charge on any atom is -0.494 e. The van der Waals surface area contributed by atoms with Gasteiger partial charge in [-0.25, -0.2) is 9.80 Å². The van der Waals surface area contributed by atoms with E-state index in [1.807, 2.05) is 60.5 Å². The summed E-state index contributed by atoms with van der Waals surface area (Å²) >= 11 is 0. The summed E-state index contributed by atoms with van der Waals surface area (Å²) < 4.78 is 22.5. The molecule has 34 heavy (non-hydrogen) atoms. The number of fused-ring (bicyclic) bond motifs is 3. The van der Waals surface area contributed by atoms with Crippen LogP contribution in [0, 0.1) is 0 Å². The fourth-order valence-electron chi connectivity index (χ4n) is 4.45. The number of hydrogen-bond donors (Lipinski definition) is 0. The number of para-hydroxylation sites is 1. The van der Waals surface area contributed by atoms with Gasteiger partial charge in [0.1, 0.15) is 5.75 Å². The van der Waals surface area contributed by atoms with Crippen LogP contribution >= 0.6 is 0 Å². The molecule has 5 rings (SSSR count). The first-order chi connectivity index (χ1) is 16.6. The lowest BCUT2D eigenvalue weighted by Crippen LogP contribution is -2.33.